The van der Waals surface area contributed by atoms with Crippen molar-refractivity contribution in [1.29, 1.82) is 5.26 Å². The first-order valence-electron chi connectivity index (χ1n) is 3.57. The lowest BCUT2D eigenvalue weighted by molar-refractivity contribution is -0.139. The number of hydrogen-bond donors (Lipinski definition) is 0. The van der Waals surface area contributed by atoms with E-state index in [0.717, 1.165) is 0 Å². The molecular formula is C8H12N2O. The zero-order chi connectivity index (χ0) is 8.48. The maximum absolute atomic E-state index is 8.52. The minimum absolute atomic E-state index is 0.0326. The third-order valence-electron chi connectivity index (χ3n) is 1.53. The molecule has 0 aromatic heterocycles. The Balaban J connectivity index is 2.56. The molecule has 0 radical (unpaired) electrons. The van der Waals surface area contributed by atoms with E-state index >= 15 is 0 Å². The first-order valence-corrected chi connectivity index (χ1v) is 3.57. The number of nitriles is 1. The average molecular weight is 152 g/mol. The van der Waals surface area contributed by atoms with Crippen LogP contribution in [0, 0.1) is 11.3 Å². The SMILES string of the molecule is CC(C)(C)N1CC(C#N)=CO1. The lowest BCUT2D eigenvalue weighted by Gasteiger charge is -2.28. The van der Waals surface area contributed by atoms with Crippen molar-refractivity contribution in [3.8, 4) is 6.07 Å². The number of nitrogens with zero attached hydrogens (tertiary/aromatic N) is 2. The van der Waals surface area contributed by atoms with E-state index in [1.807, 2.05) is 20.8 Å². The first kappa shape index (κ1) is 8.09. The Bertz CT molecular complexity index is 219. The van der Waals surface area contributed by atoms with Gasteiger partial charge in [0.15, 0.2) is 0 Å². The molecule has 11 heavy (non-hydrogen) atoms. The van der Waals surface area contributed by atoms with E-state index in [-0.39, 0.29) is 5.54 Å². The van der Waals surface area contributed by atoms with Crippen LogP contribution in [-0.4, -0.2) is 17.1 Å². The van der Waals surface area contributed by atoms with Crippen LogP contribution in [0.15, 0.2) is 11.8 Å². The molecule has 1 aliphatic heterocycles. The highest BCUT2D eigenvalue weighted by Gasteiger charge is 2.27. The molecule has 0 fully saturated rings. The normalized spacial score (nSPS) is 18.9. The first-order chi connectivity index (χ1) is 5.04. The number of hydroxylamine groups is 2. The molecule has 0 aliphatic carbocycles. The Kier molecular flexibility index (Phi) is 1.88. The minimum atomic E-state index is -0.0326. The van der Waals surface area contributed by atoms with E-state index in [9.17, 15) is 0 Å². The van der Waals surface area contributed by atoms with Gasteiger partial charge in [-0.05, 0) is 20.8 Å². The summed E-state index contributed by atoms with van der Waals surface area (Å²) in [6.45, 7) is 6.73. The standard InChI is InChI=1S/C8H12N2O/c1-8(2,3)10-5-7(4-9)6-11-10/h6H,5H2,1-3H3. The highest BCUT2D eigenvalue weighted by atomic mass is 16.7. The third-order valence-corrected chi connectivity index (χ3v) is 1.53. The van der Waals surface area contributed by atoms with Crippen LogP contribution in [0.25, 0.3) is 0 Å². The number of rotatable bonds is 0. The van der Waals surface area contributed by atoms with Gasteiger partial charge in [0.1, 0.15) is 6.26 Å². The van der Waals surface area contributed by atoms with Crippen LogP contribution in [-0.2, 0) is 4.84 Å². The summed E-state index contributed by atoms with van der Waals surface area (Å²) >= 11 is 0. The van der Waals surface area contributed by atoms with Crippen LogP contribution in [0.2, 0.25) is 0 Å². The molecule has 0 amide bonds. The van der Waals surface area contributed by atoms with Crippen molar-refractivity contribution in [2.45, 2.75) is 26.3 Å². The smallest absolute Gasteiger partial charge is 0.126 e. The summed E-state index contributed by atoms with van der Waals surface area (Å²) in [6.07, 6.45) is 1.51. The molecule has 60 valence electrons. The van der Waals surface area contributed by atoms with Gasteiger partial charge in [0.2, 0.25) is 0 Å². The molecule has 0 aromatic rings. The Morgan fingerprint density at radius 1 is 1.64 bits per heavy atom. The second kappa shape index (κ2) is 2.55. The summed E-state index contributed by atoms with van der Waals surface area (Å²) in [5, 5.41) is 10.3. The van der Waals surface area contributed by atoms with Gasteiger partial charge in [-0.25, -0.2) is 0 Å². The van der Waals surface area contributed by atoms with Crippen molar-refractivity contribution in [2.24, 2.45) is 0 Å². The summed E-state index contributed by atoms with van der Waals surface area (Å²) < 4.78 is 0. The highest BCUT2D eigenvalue weighted by molar-refractivity contribution is 5.22. The molecule has 3 heteroatoms. The van der Waals surface area contributed by atoms with Crippen molar-refractivity contribution in [2.75, 3.05) is 6.54 Å². The van der Waals surface area contributed by atoms with Gasteiger partial charge in [-0.3, -0.25) is 0 Å². The van der Waals surface area contributed by atoms with Crippen molar-refractivity contribution < 1.29 is 4.84 Å². The molecule has 1 rings (SSSR count). The van der Waals surface area contributed by atoms with E-state index in [1.54, 1.807) is 5.06 Å². The van der Waals surface area contributed by atoms with Gasteiger partial charge < -0.3 is 4.84 Å². The topological polar surface area (TPSA) is 36.3 Å². The molecule has 1 aliphatic rings. The Morgan fingerprint density at radius 2 is 2.27 bits per heavy atom. The largest absolute Gasteiger partial charge is 0.412 e. The zero-order valence-corrected chi connectivity index (χ0v) is 7.09. The molecule has 1 heterocycles. The minimum Gasteiger partial charge on any atom is -0.412 e. The average Bonchev–Trinajstić information content (AvgIpc) is 2.32. The third kappa shape index (κ3) is 1.72. The van der Waals surface area contributed by atoms with Crippen molar-refractivity contribution >= 4 is 0 Å². The van der Waals surface area contributed by atoms with Gasteiger partial charge in [0.05, 0.1) is 18.2 Å². The summed E-state index contributed by atoms with van der Waals surface area (Å²) in [7, 11) is 0. The summed E-state index contributed by atoms with van der Waals surface area (Å²) in [5.74, 6) is 0. The maximum Gasteiger partial charge on any atom is 0.126 e. The van der Waals surface area contributed by atoms with E-state index in [1.165, 1.54) is 6.26 Å². The Morgan fingerprint density at radius 3 is 2.55 bits per heavy atom. The van der Waals surface area contributed by atoms with E-state index in [0.29, 0.717) is 12.1 Å². The van der Waals surface area contributed by atoms with Crippen LogP contribution in [0.5, 0.6) is 0 Å². The molecule has 0 saturated heterocycles. The molecule has 0 spiro atoms. The predicted octanol–water partition coefficient (Wildman–Crippen LogP) is 1.44. The van der Waals surface area contributed by atoms with E-state index in [2.05, 4.69) is 6.07 Å². The molecule has 0 unspecified atom stereocenters. The monoisotopic (exact) mass is 152 g/mol. The fourth-order valence-electron chi connectivity index (χ4n) is 0.813. The van der Waals surface area contributed by atoms with E-state index in [4.69, 9.17) is 10.1 Å². The van der Waals surface area contributed by atoms with Crippen LogP contribution in [0.4, 0.5) is 0 Å². The molecule has 0 saturated carbocycles. The Hall–Kier alpha value is -1.01. The fraction of sp³-hybridized carbons (Fsp3) is 0.625. The summed E-state index contributed by atoms with van der Waals surface area (Å²) in [6, 6.07) is 2.06. The maximum atomic E-state index is 8.52. The lowest BCUT2D eigenvalue weighted by Crippen LogP contribution is -2.38. The van der Waals surface area contributed by atoms with Gasteiger partial charge in [-0.2, -0.15) is 5.26 Å². The van der Waals surface area contributed by atoms with Gasteiger partial charge in [0, 0.05) is 5.54 Å². The predicted molar refractivity (Wildman–Crippen MR) is 41.2 cm³/mol. The second-order valence-corrected chi connectivity index (χ2v) is 3.57. The van der Waals surface area contributed by atoms with Crippen molar-refractivity contribution in [3.05, 3.63) is 11.8 Å². The molecule has 0 bridgehead atoms. The van der Waals surface area contributed by atoms with Gasteiger partial charge in [-0.1, -0.05) is 0 Å². The molecule has 3 nitrogen and oxygen atoms in total. The molecule has 0 N–H and O–H groups in total. The lowest BCUT2D eigenvalue weighted by atomic mass is 10.1. The molecular weight excluding hydrogens is 140 g/mol. The van der Waals surface area contributed by atoms with Crippen LogP contribution in [0.1, 0.15) is 20.8 Å². The summed E-state index contributed by atoms with van der Waals surface area (Å²) in [4.78, 5) is 5.17. The van der Waals surface area contributed by atoms with Gasteiger partial charge in [0.25, 0.3) is 0 Å². The zero-order valence-electron chi connectivity index (χ0n) is 7.09. The van der Waals surface area contributed by atoms with Crippen LogP contribution < -0.4 is 0 Å². The van der Waals surface area contributed by atoms with Gasteiger partial charge in [-0.15, -0.1) is 5.06 Å². The summed E-state index contributed by atoms with van der Waals surface area (Å²) in [5.41, 5.74) is 0.648. The highest BCUT2D eigenvalue weighted by Crippen LogP contribution is 2.20. The van der Waals surface area contributed by atoms with E-state index < -0.39 is 0 Å². The van der Waals surface area contributed by atoms with Crippen LogP contribution in [0.3, 0.4) is 0 Å². The number of hydrogen-bond acceptors (Lipinski definition) is 3. The van der Waals surface area contributed by atoms with Crippen LogP contribution >= 0.6 is 0 Å². The second-order valence-electron chi connectivity index (χ2n) is 3.57. The van der Waals surface area contributed by atoms with Crippen molar-refractivity contribution in [3.63, 3.8) is 0 Å². The fourth-order valence-corrected chi connectivity index (χ4v) is 0.813. The van der Waals surface area contributed by atoms with Crippen molar-refractivity contribution in [1.82, 2.24) is 5.06 Å². The molecule has 0 aromatic carbocycles. The molecule has 0 atom stereocenters. The van der Waals surface area contributed by atoms with Gasteiger partial charge >= 0.3 is 0 Å². The Labute approximate surface area is 66.8 Å². The quantitative estimate of drug-likeness (QED) is 0.527.